The Kier molecular flexibility index (Phi) is 6.32. The first-order chi connectivity index (χ1) is 12.5. The molecule has 0 aromatic carbocycles. The summed E-state index contributed by atoms with van der Waals surface area (Å²) in [6.45, 7) is 8.95. The molecular weight excluding hydrogens is 334 g/mol. The van der Waals surface area contributed by atoms with Crippen molar-refractivity contribution < 1.29 is 18.7 Å². The van der Waals surface area contributed by atoms with E-state index in [1.807, 2.05) is 18.7 Å². The molecule has 1 N–H and O–H groups in total. The van der Waals surface area contributed by atoms with Crippen molar-refractivity contribution in [1.82, 2.24) is 15.1 Å². The highest BCUT2D eigenvalue weighted by molar-refractivity contribution is 5.96. The van der Waals surface area contributed by atoms with E-state index in [-0.39, 0.29) is 17.9 Å². The Morgan fingerprint density at radius 1 is 1.27 bits per heavy atom. The summed E-state index contributed by atoms with van der Waals surface area (Å²) in [6, 6.07) is 2.05. The van der Waals surface area contributed by atoms with Crippen molar-refractivity contribution in [3.05, 3.63) is 23.2 Å². The highest BCUT2D eigenvalue weighted by Gasteiger charge is 2.34. The smallest absolute Gasteiger partial charge is 0.257 e. The second kappa shape index (κ2) is 8.68. The maximum atomic E-state index is 12.8. The van der Waals surface area contributed by atoms with Gasteiger partial charge >= 0.3 is 0 Å². The lowest BCUT2D eigenvalue weighted by atomic mass is 10.2. The zero-order valence-corrected chi connectivity index (χ0v) is 15.8. The Morgan fingerprint density at radius 3 is 2.62 bits per heavy atom. The van der Waals surface area contributed by atoms with E-state index in [1.165, 1.54) is 0 Å². The molecule has 0 spiro atoms. The number of nitrogens with one attached hydrogen (secondary N) is 1. The van der Waals surface area contributed by atoms with E-state index in [0.717, 1.165) is 51.4 Å². The van der Waals surface area contributed by atoms with Crippen LogP contribution in [0.5, 0.6) is 0 Å². The maximum Gasteiger partial charge on any atom is 0.257 e. The van der Waals surface area contributed by atoms with Crippen LogP contribution in [0.15, 0.2) is 10.5 Å². The molecule has 2 aliphatic rings. The zero-order chi connectivity index (χ0) is 18.5. The van der Waals surface area contributed by atoms with E-state index in [1.54, 1.807) is 6.07 Å². The topological polar surface area (TPSA) is 75.0 Å². The number of hydrogen-bond acceptors (Lipinski definition) is 5. The van der Waals surface area contributed by atoms with Crippen LogP contribution in [0.3, 0.4) is 0 Å². The fraction of sp³-hybridized carbons (Fsp3) is 0.684. The largest absolute Gasteiger partial charge is 0.466 e. The Balaban J connectivity index is 1.44. The van der Waals surface area contributed by atoms with Gasteiger partial charge in [-0.05, 0) is 32.8 Å². The van der Waals surface area contributed by atoms with Crippen molar-refractivity contribution in [2.24, 2.45) is 0 Å². The van der Waals surface area contributed by atoms with Crippen LogP contribution in [0, 0.1) is 13.8 Å². The first kappa shape index (κ1) is 18.9. The Labute approximate surface area is 154 Å². The van der Waals surface area contributed by atoms with Gasteiger partial charge < -0.3 is 19.4 Å². The number of carbonyl (C=O) groups is 2. The molecular formula is C19H29N3O4. The molecule has 1 aromatic heterocycles. The van der Waals surface area contributed by atoms with Crippen molar-refractivity contribution in [3.63, 3.8) is 0 Å². The first-order valence-electron chi connectivity index (χ1n) is 9.49. The fourth-order valence-corrected chi connectivity index (χ4v) is 3.32. The molecule has 2 heterocycles. The summed E-state index contributed by atoms with van der Waals surface area (Å²) in [5.74, 6) is 1.36. The first-order valence-corrected chi connectivity index (χ1v) is 9.49. The number of carbonyl (C=O) groups excluding carboxylic acids is 2. The van der Waals surface area contributed by atoms with Crippen LogP contribution in [0.4, 0.5) is 0 Å². The maximum absolute atomic E-state index is 12.8. The van der Waals surface area contributed by atoms with E-state index in [0.29, 0.717) is 30.8 Å². The van der Waals surface area contributed by atoms with Gasteiger partial charge in [-0.2, -0.15) is 0 Å². The van der Waals surface area contributed by atoms with Crippen molar-refractivity contribution in [2.45, 2.75) is 39.2 Å². The molecule has 1 saturated heterocycles. The third kappa shape index (κ3) is 5.08. The Morgan fingerprint density at radius 2 is 2.00 bits per heavy atom. The summed E-state index contributed by atoms with van der Waals surface area (Å²) in [7, 11) is 0. The van der Waals surface area contributed by atoms with Crippen LogP contribution in [0.2, 0.25) is 0 Å². The van der Waals surface area contributed by atoms with Gasteiger partial charge in [0.1, 0.15) is 11.5 Å². The summed E-state index contributed by atoms with van der Waals surface area (Å²) in [4.78, 5) is 29.1. The highest BCUT2D eigenvalue weighted by Crippen LogP contribution is 2.29. The number of amides is 2. The molecule has 0 unspecified atom stereocenters. The third-order valence-corrected chi connectivity index (χ3v) is 4.95. The van der Waals surface area contributed by atoms with Gasteiger partial charge in [0.2, 0.25) is 5.91 Å². The lowest BCUT2D eigenvalue weighted by Gasteiger charge is -2.26. The molecule has 144 valence electrons. The summed E-state index contributed by atoms with van der Waals surface area (Å²) in [5, 5.41) is 2.96. The van der Waals surface area contributed by atoms with Crippen LogP contribution in [0.1, 0.15) is 41.1 Å². The molecule has 2 amide bonds. The van der Waals surface area contributed by atoms with Gasteiger partial charge in [-0.15, -0.1) is 0 Å². The third-order valence-electron chi connectivity index (χ3n) is 4.95. The second-order valence-corrected chi connectivity index (χ2v) is 7.11. The molecule has 7 nitrogen and oxygen atoms in total. The number of nitrogens with zero attached hydrogens (tertiary/aromatic N) is 2. The van der Waals surface area contributed by atoms with Crippen molar-refractivity contribution in [1.29, 1.82) is 0 Å². The van der Waals surface area contributed by atoms with Crippen molar-refractivity contribution in [2.75, 3.05) is 45.9 Å². The lowest BCUT2D eigenvalue weighted by Crippen LogP contribution is -2.42. The van der Waals surface area contributed by atoms with E-state index >= 15 is 0 Å². The molecule has 1 saturated carbocycles. The number of ether oxygens (including phenoxy) is 1. The van der Waals surface area contributed by atoms with Gasteiger partial charge in [-0.1, -0.05) is 0 Å². The summed E-state index contributed by atoms with van der Waals surface area (Å²) >= 11 is 0. The predicted molar refractivity (Wildman–Crippen MR) is 97.1 cm³/mol. The van der Waals surface area contributed by atoms with Gasteiger partial charge in [0.05, 0.1) is 18.8 Å². The van der Waals surface area contributed by atoms with Crippen molar-refractivity contribution >= 4 is 11.8 Å². The minimum absolute atomic E-state index is 0.00296. The summed E-state index contributed by atoms with van der Waals surface area (Å²) in [5.41, 5.74) is 0.613. The molecule has 2 fully saturated rings. The minimum Gasteiger partial charge on any atom is -0.466 e. The quantitative estimate of drug-likeness (QED) is 0.754. The molecule has 26 heavy (non-hydrogen) atoms. The van der Waals surface area contributed by atoms with Gasteiger partial charge in [0.25, 0.3) is 5.91 Å². The van der Waals surface area contributed by atoms with Crippen LogP contribution < -0.4 is 5.32 Å². The van der Waals surface area contributed by atoms with E-state index in [2.05, 4.69) is 10.2 Å². The molecule has 1 aliphatic heterocycles. The van der Waals surface area contributed by atoms with Crippen molar-refractivity contribution in [3.8, 4) is 0 Å². The molecule has 1 aliphatic carbocycles. The molecule has 7 heteroatoms. The zero-order valence-electron chi connectivity index (χ0n) is 15.8. The molecule has 0 bridgehead atoms. The van der Waals surface area contributed by atoms with E-state index in [9.17, 15) is 9.59 Å². The second-order valence-electron chi connectivity index (χ2n) is 7.11. The molecule has 0 radical (unpaired) electrons. The summed E-state index contributed by atoms with van der Waals surface area (Å²) < 4.78 is 10.8. The average molecular weight is 363 g/mol. The lowest BCUT2D eigenvalue weighted by molar-refractivity contribution is -0.121. The van der Waals surface area contributed by atoms with Crippen LogP contribution >= 0.6 is 0 Å². The van der Waals surface area contributed by atoms with Crippen LogP contribution in [0.25, 0.3) is 0 Å². The molecule has 1 aromatic rings. The standard InChI is InChI=1S/C19H29N3O4/c1-14-13-17(15(2)26-14)19(24)22(16-3-4-16)7-5-18(23)20-6-8-21-9-11-25-12-10-21/h13,16H,3-12H2,1-2H3,(H,20,23). The number of hydrogen-bond donors (Lipinski definition) is 1. The number of morpholine rings is 1. The molecule has 0 atom stereocenters. The minimum atomic E-state index is -0.0250. The number of aryl methyl sites for hydroxylation is 2. The Hall–Kier alpha value is -1.86. The molecule has 3 rings (SSSR count). The van der Waals surface area contributed by atoms with Crippen LogP contribution in [-0.2, 0) is 9.53 Å². The van der Waals surface area contributed by atoms with Crippen LogP contribution in [-0.4, -0.2) is 73.6 Å². The average Bonchev–Trinajstić information content (AvgIpc) is 3.40. The van der Waals surface area contributed by atoms with Gasteiger partial charge in [0.15, 0.2) is 0 Å². The number of rotatable bonds is 8. The van der Waals surface area contributed by atoms with Gasteiger partial charge in [0, 0.05) is 45.2 Å². The monoisotopic (exact) mass is 363 g/mol. The predicted octanol–water partition coefficient (Wildman–Crippen LogP) is 1.34. The SMILES string of the molecule is Cc1cc(C(=O)N(CCC(=O)NCCN2CCOCC2)C2CC2)c(C)o1. The van der Waals surface area contributed by atoms with E-state index in [4.69, 9.17) is 9.15 Å². The Bertz CT molecular complexity index is 633. The van der Waals surface area contributed by atoms with Gasteiger partial charge in [-0.25, -0.2) is 0 Å². The summed E-state index contributed by atoms with van der Waals surface area (Å²) in [6.07, 6.45) is 2.36. The van der Waals surface area contributed by atoms with E-state index < -0.39 is 0 Å². The number of furan rings is 1. The van der Waals surface area contributed by atoms with Gasteiger partial charge in [-0.3, -0.25) is 14.5 Å². The normalized spacial score (nSPS) is 17.9. The highest BCUT2D eigenvalue weighted by atomic mass is 16.5. The fourth-order valence-electron chi connectivity index (χ4n) is 3.32.